The lowest BCUT2D eigenvalue weighted by molar-refractivity contribution is 0.0527. The summed E-state index contributed by atoms with van der Waals surface area (Å²) in [6.07, 6.45) is 1.36. The van der Waals surface area contributed by atoms with Crippen LogP contribution in [-0.4, -0.2) is 17.6 Å². The Morgan fingerprint density at radius 2 is 2.22 bits per heavy atom. The summed E-state index contributed by atoms with van der Waals surface area (Å²) in [6.45, 7) is 3.69. The molecule has 1 aromatic heterocycles. The zero-order valence-corrected chi connectivity index (χ0v) is 10.2. The van der Waals surface area contributed by atoms with E-state index in [-0.39, 0.29) is 17.9 Å². The minimum Gasteiger partial charge on any atom is -0.462 e. The van der Waals surface area contributed by atoms with Gasteiger partial charge in [-0.15, -0.1) is 0 Å². The molecule has 0 saturated carbocycles. The van der Waals surface area contributed by atoms with Crippen LogP contribution in [-0.2, 0) is 4.74 Å². The molecule has 2 aromatic rings. The highest BCUT2D eigenvalue weighted by atomic mass is 19.1. The molecule has 4 nitrogen and oxygen atoms in total. The van der Waals surface area contributed by atoms with Crippen molar-refractivity contribution in [2.45, 2.75) is 13.8 Å². The second-order valence-corrected chi connectivity index (χ2v) is 3.92. The van der Waals surface area contributed by atoms with Crippen LogP contribution < -0.4 is 5.73 Å². The van der Waals surface area contributed by atoms with Crippen molar-refractivity contribution in [1.29, 1.82) is 0 Å². The van der Waals surface area contributed by atoms with Crippen molar-refractivity contribution in [3.63, 3.8) is 0 Å². The van der Waals surface area contributed by atoms with Crippen molar-refractivity contribution >= 4 is 22.6 Å². The zero-order valence-electron chi connectivity index (χ0n) is 10.2. The molecule has 2 N–H and O–H groups in total. The number of esters is 1. The van der Waals surface area contributed by atoms with Crippen LogP contribution >= 0.6 is 0 Å². The lowest BCUT2D eigenvalue weighted by atomic mass is 10.1. The Kier molecular flexibility index (Phi) is 3.14. The molecule has 5 heteroatoms. The van der Waals surface area contributed by atoms with Crippen LogP contribution in [0.3, 0.4) is 0 Å². The number of fused-ring (bicyclic) bond motifs is 1. The first-order valence-electron chi connectivity index (χ1n) is 5.56. The first-order chi connectivity index (χ1) is 8.54. The van der Waals surface area contributed by atoms with Crippen molar-refractivity contribution in [3.05, 3.63) is 35.3 Å². The normalized spacial score (nSPS) is 10.6. The number of hydrogen-bond acceptors (Lipinski definition) is 4. The average Bonchev–Trinajstić information content (AvgIpc) is 2.30. The minimum absolute atomic E-state index is 0.161. The van der Waals surface area contributed by atoms with E-state index in [1.54, 1.807) is 13.8 Å². The van der Waals surface area contributed by atoms with Gasteiger partial charge in [-0.3, -0.25) is 4.98 Å². The fourth-order valence-electron chi connectivity index (χ4n) is 1.83. The number of carbonyl (C=O) groups excluding carboxylic acids is 1. The van der Waals surface area contributed by atoms with E-state index in [2.05, 4.69) is 4.98 Å². The van der Waals surface area contributed by atoms with E-state index in [1.807, 2.05) is 0 Å². The largest absolute Gasteiger partial charge is 0.462 e. The van der Waals surface area contributed by atoms with Crippen LogP contribution in [0.25, 0.3) is 10.9 Å². The lowest BCUT2D eigenvalue weighted by Gasteiger charge is -2.09. The summed E-state index contributed by atoms with van der Waals surface area (Å²) in [6, 6.07) is 2.65. The Morgan fingerprint density at radius 3 is 2.89 bits per heavy atom. The van der Waals surface area contributed by atoms with Gasteiger partial charge in [0.05, 0.1) is 17.8 Å². The first kappa shape index (κ1) is 12.3. The van der Waals surface area contributed by atoms with E-state index in [0.717, 1.165) is 0 Å². The molecule has 0 bridgehead atoms. The van der Waals surface area contributed by atoms with Gasteiger partial charge in [-0.1, -0.05) is 0 Å². The van der Waals surface area contributed by atoms with E-state index in [4.69, 9.17) is 10.5 Å². The number of pyridine rings is 1. The Balaban J connectivity index is 2.67. The number of hydrogen-bond donors (Lipinski definition) is 1. The second-order valence-electron chi connectivity index (χ2n) is 3.92. The Morgan fingerprint density at radius 1 is 1.50 bits per heavy atom. The van der Waals surface area contributed by atoms with Crippen molar-refractivity contribution in [3.8, 4) is 0 Å². The van der Waals surface area contributed by atoms with Crippen LogP contribution in [0.4, 0.5) is 10.1 Å². The molecule has 0 atom stereocenters. The molecule has 0 fully saturated rings. The number of rotatable bonds is 2. The molecule has 1 aromatic carbocycles. The summed E-state index contributed by atoms with van der Waals surface area (Å²) >= 11 is 0. The summed E-state index contributed by atoms with van der Waals surface area (Å²) in [5.74, 6) is -0.958. The lowest BCUT2D eigenvalue weighted by Crippen LogP contribution is -2.09. The second kappa shape index (κ2) is 4.60. The van der Waals surface area contributed by atoms with E-state index < -0.39 is 11.8 Å². The van der Waals surface area contributed by atoms with Gasteiger partial charge in [0.2, 0.25) is 0 Å². The van der Waals surface area contributed by atoms with Gasteiger partial charge in [-0.25, -0.2) is 9.18 Å². The van der Waals surface area contributed by atoms with Crippen molar-refractivity contribution in [2.24, 2.45) is 0 Å². The molecule has 2 rings (SSSR count). The maximum absolute atomic E-state index is 13.4. The Bertz CT molecular complexity index is 626. The van der Waals surface area contributed by atoms with Gasteiger partial charge in [-0.05, 0) is 31.5 Å². The van der Waals surface area contributed by atoms with E-state index in [1.165, 1.54) is 18.3 Å². The number of carbonyl (C=O) groups is 1. The standard InChI is InChI=1S/C13H13FN2O2/c1-3-18-13(17)10-6-16-12-7(2)4-8(14)5-9(12)11(10)15/h4-6H,3H2,1-2H3,(H2,15,16). The van der Waals surface area contributed by atoms with Gasteiger partial charge in [0.25, 0.3) is 0 Å². The van der Waals surface area contributed by atoms with E-state index in [0.29, 0.717) is 16.5 Å². The molecule has 18 heavy (non-hydrogen) atoms. The number of ether oxygens (including phenoxy) is 1. The topological polar surface area (TPSA) is 65.2 Å². The highest BCUT2D eigenvalue weighted by molar-refractivity contribution is 6.04. The molecule has 0 spiro atoms. The summed E-state index contributed by atoms with van der Waals surface area (Å²) < 4.78 is 18.2. The third kappa shape index (κ3) is 1.99. The molecule has 0 aliphatic rings. The Labute approximate surface area is 104 Å². The molecule has 0 aliphatic heterocycles. The number of anilines is 1. The third-order valence-corrected chi connectivity index (χ3v) is 2.66. The minimum atomic E-state index is -0.550. The van der Waals surface area contributed by atoms with Crippen LogP contribution in [0.15, 0.2) is 18.3 Å². The first-order valence-corrected chi connectivity index (χ1v) is 5.56. The molecule has 0 amide bonds. The fraction of sp³-hybridized carbons (Fsp3) is 0.231. The molecular formula is C13H13FN2O2. The molecular weight excluding hydrogens is 235 g/mol. The monoisotopic (exact) mass is 248 g/mol. The number of aryl methyl sites for hydroxylation is 1. The molecule has 0 unspecified atom stereocenters. The van der Waals surface area contributed by atoms with E-state index >= 15 is 0 Å². The van der Waals surface area contributed by atoms with Crippen molar-refractivity contribution < 1.29 is 13.9 Å². The van der Waals surface area contributed by atoms with Gasteiger partial charge >= 0.3 is 5.97 Å². The molecule has 0 saturated heterocycles. The third-order valence-electron chi connectivity index (χ3n) is 2.66. The summed E-state index contributed by atoms with van der Waals surface area (Å²) in [5.41, 5.74) is 7.50. The number of nitrogens with zero attached hydrogens (tertiary/aromatic N) is 1. The van der Waals surface area contributed by atoms with Crippen molar-refractivity contribution in [1.82, 2.24) is 4.98 Å². The maximum Gasteiger partial charge on any atom is 0.341 e. The number of halogens is 1. The van der Waals surface area contributed by atoms with E-state index in [9.17, 15) is 9.18 Å². The molecule has 1 heterocycles. The highest BCUT2D eigenvalue weighted by Gasteiger charge is 2.15. The molecule has 0 aliphatic carbocycles. The van der Waals surface area contributed by atoms with Crippen LogP contribution in [0.2, 0.25) is 0 Å². The number of benzene rings is 1. The van der Waals surface area contributed by atoms with Crippen molar-refractivity contribution in [2.75, 3.05) is 12.3 Å². The average molecular weight is 248 g/mol. The number of aromatic nitrogens is 1. The zero-order chi connectivity index (χ0) is 13.3. The van der Waals surface area contributed by atoms with Gasteiger partial charge in [0.1, 0.15) is 11.4 Å². The number of nitrogens with two attached hydrogens (primary N) is 1. The molecule has 0 radical (unpaired) electrons. The quantitative estimate of drug-likeness (QED) is 0.829. The predicted octanol–water partition coefficient (Wildman–Crippen LogP) is 2.44. The summed E-state index contributed by atoms with van der Waals surface area (Å²) in [5, 5.41) is 0.429. The van der Waals surface area contributed by atoms with Gasteiger partial charge in [0.15, 0.2) is 0 Å². The summed E-state index contributed by atoms with van der Waals surface area (Å²) in [7, 11) is 0. The van der Waals surface area contributed by atoms with Crippen LogP contribution in [0, 0.1) is 12.7 Å². The van der Waals surface area contributed by atoms with Crippen LogP contribution in [0.1, 0.15) is 22.8 Å². The van der Waals surface area contributed by atoms with Gasteiger partial charge in [0, 0.05) is 11.6 Å². The number of nitrogen functional groups attached to an aromatic ring is 1. The SMILES string of the molecule is CCOC(=O)c1cnc2c(C)cc(F)cc2c1N. The maximum atomic E-state index is 13.4. The van der Waals surface area contributed by atoms with Gasteiger partial charge < -0.3 is 10.5 Å². The predicted molar refractivity (Wildman–Crippen MR) is 66.8 cm³/mol. The van der Waals surface area contributed by atoms with Gasteiger partial charge in [-0.2, -0.15) is 0 Å². The van der Waals surface area contributed by atoms with Crippen LogP contribution in [0.5, 0.6) is 0 Å². The Hall–Kier alpha value is -2.17. The highest BCUT2D eigenvalue weighted by Crippen LogP contribution is 2.26. The molecule has 94 valence electrons. The fourth-order valence-corrected chi connectivity index (χ4v) is 1.83. The smallest absolute Gasteiger partial charge is 0.341 e. The summed E-state index contributed by atoms with van der Waals surface area (Å²) in [4.78, 5) is 15.8.